The summed E-state index contributed by atoms with van der Waals surface area (Å²) in [6.45, 7) is 4.18. The molecule has 1 aromatic heterocycles. The van der Waals surface area contributed by atoms with E-state index in [1.165, 1.54) is 19.3 Å². The molecule has 1 aromatic rings. The Kier molecular flexibility index (Phi) is 2.39. The Labute approximate surface area is 114 Å². The van der Waals surface area contributed by atoms with E-state index < -0.39 is 5.54 Å². The molecule has 2 bridgehead atoms. The largest absolute Gasteiger partial charge is 0.339 e. The highest BCUT2D eigenvalue weighted by atomic mass is 16.5. The third kappa shape index (κ3) is 1.49. The van der Waals surface area contributed by atoms with Crippen molar-refractivity contribution in [3.8, 4) is 0 Å². The molecule has 19 heavy (non-hydrogen) atoms. The van der Waals surface area contributed by atoms with Crippen LogP contribution < -0.4 is 5.73 Å². The van der Waals surface area contributed by atoms with Gasteiger partial charge in [-0.15, -0.1) is 0 Å². The summed E-state index contributed by atoms with van der Waals surface area (Å²) in [6, 6.07) is 0. The molecule has 4 unspecified atom stereocenters. The van der Waals surface area contributed by atoms with Crippen LogP contribution in [-0.2, 0) is 5.54 Å². The van der Waals surface area contributed by atoms with Gasteiger partial charge in [0.05, 0.1) is 5.54 Å². The monoisotopic (exact) mass is 261 g/mol. The summed E-state index contributed by atoms with van der Waals surface area (Å²) in [5.41, 5.74) is 5.94. The summed E-state index contributed by atoms with van der Waals surface area (Å²) in [5.74, 6) is 5.73. The molecule has 0 aromatic carbocycles. The summed E-state index contributed by atoms with van der Waals surface area (Å²) in [4.78, 5) is 4.66. The predicted octanol–water partition coefficient (Wildman–Crippen LogP) is 2.80. The van der Waals surface area contributed by atoms with Crippen LogP contribution in [0.2, 0.25) is 0 Å². The second-order valence-corrected chi connectivity index (χ2v) is 6.83. The van der Waals surface area contributed by atoms with E-state index in [2.05, 4.69) is 24.0 Å². The predicted molar refractivity (Wildman–Crippen MR) is 71.3 cm³/mol. The van der Waals surface area contributed by atoms with E-state index in [9.17, 15) is 0 Å². The first-order valence-corrected chi connectivity index (χ1v) is 7.81. The second kappa shape index (κ2) is 3.81. The van der Waals surface area contributed by atoms with Crippen LogP contribution in [0.25, 0.3) is 0 Å². The Morgan fingerprint density at radius 2 is 1.84 bits per heavy atom. The molecule has 0 aliphatic heterocycles. The van der Waals surface area contributed by atoms with Gasteiger partial charge in [0.1, 0.15) is 0 Å². The summed E-state index contributed by atoms with van der Waals surface area (Å²) < 4.78 is 5.56. The number of nitrogens with two attached hydrogens (primary N) is 1. The van der Waals surface area contributed by atoms with Crippen LogP contribution >= 0.6 is 0 Å². The maximum absolute atomic E-state index is 6.35. The molecule has 4 nitrogen and oxygen atoms in total. The second-order valence-electron chi connectivity index (χ2n) is 6.83. The van der Waals surface area contributed by atoms with E-state index in [1.807, 2.05) is 0 Å². The van der Waals surface area contributed by atoms with Crippen molar-refractivity contribution in [1.29, 1.82) is 0 Å². The molecule has 3 saturated carbocycles. The first kappa shape index (κ1) is 11.9. The fraction of sp³-hybridized carbons (Fsp3) is 0.867. The zero-order valence-corrected chi connectivity index (χ0v) is 11.8. The number of nitrogens with zero attached hydrogens (tertiary/aromatic N) is 2. The fourth-order valence-electron chi connectivity index (χ4n) is 4.79. The van der Waals surface area contributed by atoms with Crippen molar-refractivity contribution in [2.75, 3.05) is 0 Å². The lowest BCUT2D eigenvalue weighted by Gasteiger charge is -2.21. The molecule has 2 N–H and O–H groups in total. The van der Waals surface area contributed by atoms with Crippen LogP contribution in [-0.4, -0.2) is 10.1 Å². The quantitative estimate of drug-likeness (QED) is 0.905. The van der Waals surface area contributed by atoms with Crippen LogP contribution in [0.15, 0.2) is 4.52 Å². The normalized spacial score (nSPS) is 39.6. The van der Waals surface area contributed by atoms with Crippen LogP contribution in [0.4, 0.5) is 0 Å². The van der Waals surface area contributed by atoms with Gasteiger partial charge in [-0.1, -0.05) is 19.0 Å². The number of hydrogen-bond acceptors (Lipinski definition) is 4. The minimum atomic E-state index is -0.412. The first-order valence-electron chi connectivity index (χ1n) is 7.81. The lowest BCUT2D eigenvalue weighted by atomic mass is 9.93. The van der Waals surface area contributed by atoms with E-state index in [1.54, 1.807) is 0 Å². The Hall–Kier alpha value is -0.900. The van der Waals surface area contributed by atoms with Crippen LogP contribution in [0.5, 0.6) is 0 Å². The van der Waals surface area contributed by atoms with Gasteiger partial charge in [0.15, 0.2) is 5.82 Å². The third-order valence-corrected chi connectivity index (χ3v) is 6.17. The maximum Gasteiger partial charge on any atom is 0.230 e. The van der Waals surface area contributed by atoms with E-state index in [0.29, 0.717) is 11.7 Å². The summed E-state index contributed by atoms with van der Waals surface area (Å²) in [7, 11) is 0. The van der Waals surface area contributed by atoms with Gasteiger partial charge in [-0.25, -0.2) is 0 Å². The van der Waals surface area contributed by atoms with Crippen molar-refractivity contribution in [2.24, 2.45) is 29.4 Å². The Bertz CT molecular complexity index is 477. The Morgan fingerprint density at radius 3 is 2.42 bits per heavy atom. The van der Waals surface area contributed by atoms with E-state index in [0.717, 1.165) is 42.4 Å². The van der Waals surface area contributed by atoms with Gasteiger partial charge >= 0.3 is 0 Å². The minimum Gasteiger partial charge on any atom is -0.339 e. The lowest BCUT2D eigenvalue weighted by Crippen LogP contribution is -2.36. The highest BCUT2D eigenvalue weighted by Gasteiger charge is 2.67. The van der Waals surface area contributed by atoms with Gasteiger partial charge in [0.2, 0.25) is 5.89 Å². The number of fused-ring (bicyclic) bond motifs is 5. The first-order chi connectivity index (χ1) is 9.18. The number of hydrogen-bond donors (Lipinski definition) is 1. The highest BCUT2D eigenvalue weighted by Crippen LogP contribution is 2.72. The van der Waals surface area contributed by atoms with Crippen molar-refractivity contribution in [1.82, 2.24) is 10.1 Å². The molecule has 4 atom stereocenters. The standard InChI is InChI=1S/C15H23N3O/c1-3-15(16,4-2)14-17-13(19-18-14)12-10-8-5-6-9(7-8)11(10)12/h8-12H,3-7,16H2,1-2H3. The van der Waals surface area contributed by atoms with Gasteiger partial charge in [-0.2, -0.15) is 4.98 Å². The molecule has 4 rings (SSSR count). The van der Waals surface area contributed by atoms with Gasteiger partial charge in [0.25, 0.3) is 0 Å². The van der Waals surface area contributed by atoms with Crippen molar-refractivity contribution in [2.45, 2.75) is 57.4 Å². The number of rotatable bonds is 4. The molecule has 0 radical (unpaired) electrons. The van der Waals surface area contributed by atoms with Gasteiger partial charge in [0, 0.05) is 5.92 Å². The Balaban J connectivity index is 1.57. The van der Waals surface area contributed by atoms with Gasteiger partial charge in [-0.05, 0) is 55.8 Å². The van der Waals surface area contributed by atoms with E-state index in [4.69, 9.17) is 10.3 Å². The SMILES string of the molecule is CCC(N)(CC)c1noc(C2C3C4CCC(C4)C23)n1. The summed E-state index contributed by atoms with van der Waals surface area (Å²) >= 11 is 0. The third-order valence-electron chi connectivity index (χ3n) is 6.17. The lowest BCUT2D eigenvalue weighted by molar-refractivity contribution is 0.327. The van der Waals surface area contributed by atoms with Crippen LogP contribution in [0.1, 0.15) is 63.6 Å². The summed E-state index contributed by atoms with van der Waals surface area (Å²) in [5, 5.41) is 4.18. The van der Waals surface area contributed by atoms with E-state index >= 15 is 0 Å². The minimum absolute atomic E-state index is 0.412. The molecule has 104 valence electrons. The molecule has 3 fully saturated rings. The Morgan fingerprint density at radius 1 is 1.21 bits per heavy atom. The van der Waals surface area contributed by atoms with Crippen molar-refractivity contribution < 1.29 is 4.52 Å². The van der Waals surface area contributed by atoms with Crippen LogP contribution in [0, 0.1) is 23.7 Å². The molecule has 3 aliphatic carbocycles. The van der Waals surface area contributed by atoms with Crippen molar-refractivity contribution >= 4 is 0 Å². The zero-order valence-electron chi connectivity index (χ0n) is 11.8. The fourth-order valence-corrected chi connectivity index (χ4v) is 4.79. The average molecular weight is 261 g/mol. The molecule has 1 heterocycles. The molecule has 4 heteroatoms. The molecule has 0 spiro atoms. The van der Waals surface area contributed by atoms with Crippen molar-refractivity contribution in [3.05, 3.63) is 11.7 Å². The topological polar surface area (TPSA) is 64.9 Å². The zero-order chi connectivity index (χ0) is 13.2. The van der Waals surface area contributed by atoms with Crippen LogP contribution in [0.3, 0.4) is 0 Å². The molecule has 0 saturated heterocycles. The van der Waals surface area contributed by atoms with E-state index in [-0.39, 0.29) is 0 Å². The van der Waals surface area contributed by atoms with Gasteiger partial charge < -0.3 is 10.3 Å². The highest BCUT2D eigenvalue weighted by molar-refractivity contribution is 5.23. The molecular formula is C15H23N3O. The molecular weight excluding hydrogens is 238 g/mol. The average Bonchev–Trinajstić information content (AvgIpc) is 2.85. The smallest absolute Gasteiger partial charge is 0.230 e. The molecule has 3 aliphatic rings. The maximum atomic E-state index is 6.35. The van der Waals surface area contributed by atoms with Crippen molar-refractivity contribution in [3.63, 3.8) is 0 Å². The number of aromatic nitrogens is 2. The van der Waals surface area contributed by atoms with Gasteiger partial charge in [-0.3, -0.25) is 0 Å². The molecule has 0 amide bonds. The summed E-state index contributed by atoms with van der Waals surface area (Å²) in [6.07, 6.45) is 6.01.